The van der Waals surface area contributed by atoms with Gasteiger partial charge in [0.05, 0.1) is 25.2 Å². The fourth-order valence-electron chi connectivity index (χ4n) is 2.43. The Hall–Kier alpha value is -0.650. The number of amides is 1. The lowest BCUT2D eigenvalue weighted by Crippen LogP contribution is -2.49. The molecule has 0 spiro atoms. The lowest BCUT2D eigenvalue weighted by atomic mass is 10.1. The molecule has 2 saturated heterocycles. The van der Waals surface area contributed by atoms with Crippen molar-refractivity contribution in [3.8, 4) is 0 Å². The molecule has 2 rings (SSSR count). The number of hydrogen-bond acceptors (Lipinski definition) is 4. The molecule has 0 radical (unpaired) electrons. The molecule has 2 aliphatic heterocycles. The van der Waals surface area contributed by atoms with E-state index in [2.05, 4.69) is 5.32 Å². The van der Waals surface area contributed by atoms with Gasteiger partial charge in [-0.15, -0.1) is 0 Å². The highest BCUT2D eigenvalue weighted by molar-refractivity contribution is 5.76. The van der Waals surface area contributed by atoms with Crippen LogP contribution in [0.1, 0.15) is 19.3 Å². The third-order valence-corrected chi connectivity index (χ3v) is 3.35. The SMILES string of the molecule is CNCC1CN(C(=O)CC2CCCO2)CCO1. The van der Waals surface area contributed by atoms with E-state index in [0.29, 0.717) is 26.1 Å². The van der Waals surface area contributed by atoms with Gasteiger partial charge in [-0.2, -0.15) is 0 Å². The van der Waals surface area contributed by atoms with E-state index in [1.807, 2.05) is 11.9 Å². The second-order valence-corrected chi connectivity index (χ2v) is 4.73. The van der Waals surface area contributed by atoms with Crippen molar-refractivity contribution in [2.75, 3.05) is 39.9 Å². The Balaban J connectivity index is 1.77. The molecule has 0 aromatic rings. The number of nitrogens with one attached hydrogen (secondary N) is 1. The summed E-state index contributed by atoms with van der Waals surface area (Å²) in [6, 6.07) is 0. The Morgan fingerprint density at radius 3 is 2.88 bits per heavy atom. The summed E-state index contributed by atoms with van der Waals surface area (Å²) in [6.07, 6.45) is 2.92. The van der Waals surface area contributed by atoms with Crippen LogP contribution in [0.3, 0.4) is 0 Å². The molecular formula is C12H22N2O3. The minimum absolute atomic E-state index is 0.127. The van der Waals surface area contributed by atoms with Gasteiger partial charge in [-0.25, -0.2) is 0 Å². The highest BCUT2D eigenvalue weighted by Gasteiger charge is 2.27. The molecule has 0 bridgehead atoms. The average molecular weight is 242 g/mol. The summed E-state index contributed by atoms with van der Waals surface area (Å²) < 4.78 is 11.1. The molecule has 0 saturated carbocycles. The smallest absolute Gasteiger partial charge is 0.225 e. The summed E-state index contributed by atoms with van der Waals surface area (Å²) in [4.78, 5) is 14.0. The quantitative estimate of drug-likeness (QED) is 0.754. The Morgan fingerprint density at radius 1 is 1.35 bits per heavy atom. The van der Waals surface area contributed by atoms with E-state index in [4.69, 9.17) is 9.47 Å². The summed E-state index contributed by atoms with van der Waals surface area (Å²) >= 11 is 0. The van der Waals surface area contributed by atoms with Gasteiger partial charge in [0, 0.05) is 26.2 Å². The second-order valence-electron chi connectivity index (χ2n) is 4.73. The van der Waals surface area contributed by atoms with Crippen molar-refractivity contribution in [3.63, 3.8) is 0 Å². The van der Waals surface area contributed by atoms with Crippen LogP contribution in [0.2, 0.25) is 0 Å². The van der Waals surface area contributed by atoms with Crippen molar-refractivity contribution >= 4 is 5.91 Å². The fraction of sp³-hybridized carbons (Fsp3) is 0.917. The van der Waals surface area contributed by atoms with Gasteiger partial charge in [-0.1, -0.05) is 0 Å². The van der Waals surface area contributed by atoms with Gasteiger partial charge < -0.3 is 19.7 Å². The van der Waals surface area contributed by atoms with Crippen LogP contribution in [-0.4, -0.2) is 62.9 Å². The Labute approximate surface area is 102 Å². The summed E-state index contributed by atoms with van der Waals surface area (Å²) in [7, 11) is 1.90. The maximum absolute atomic E-state index is 12.1. The van der Waals surface area contributed by atoms with Gasteiger partial charge >= 0.3 is 0 Å². The summed E-state index contributed by atoms with van der Waals surface area (Å²) in [5, 5.41) is 3.08. The second kappa shape index (κ2) is 6.33. The molecule has 1 amide bonds. The number of carbonyl (C=O) groups excluding carboxylic acids is 1. The molecule has 2 aliphatic rings. The Morgan fingerprint density at radius 2 is 2.18 bits per heavy atom. The van der Waals surface area contributed by atoms with Gasteiger partial charge in [0.15, 0.2) is 0 Å². The summed E-state index contributed by atoms with van der Waals surface area (Å²) in [6.45, 7) is 3.66. The lowest BCUT2D eigenvalue weighted by molar-refractivity contribution is -0.140. The first kappa shape index (κ1) is 12.8. The molecule has 0 aromatic heterocycles. The van der Waals surface area contributed by atoms with Crippen LogP contribution in [0, 0.1) is 0 Å². The lowest BCUT2D eigenvalue weighted by Gasteiger charge is -2.33. The minimum Gasteiger partial charge on any atom is -0.378 e. The topological polar surface area (TPSA) is 50.8 Å². The fourth-order valence-corrected chi connectivity index (χ4v) is 2.43. The van der Waals surface area contributed by atoms with Crippen LogP contribution >= 0.6 is 0 Å². The zero-order chi connectivity index (χ0) is 12.1. The van der Waals surface area contributed by atoms with Gasteiger partial charge in [0.1, 0.15) is 0 Å². The number of rotatable bonds is 4. The highest BCUT2D eigenvalue weighted by atomic mass is 16.5. The zero-order valence-electron chi connectivity index (χ0n) is 10.5. The van der Waals surface area contributed by atoms with Crippen molar-refractivity contribution in [1.29, 1.82) is 0 Å². The predicted octanol–water partition coefficient (Wildman–Crippen LogP) is 0.00230. The number of hydrogen-bond donors (Lipinski definition) is 1. The first-order valence-corrected chi connectivity index (χ1v) is 6.45. The van der Waals surface area contributed by atoms with Gasteiger partial charge in [-0.05, 0) is 19.9 Å². The molecule has 2 atom stereocenters. The van der Waals surface area contributed by atoms with Crippen molar-refractivity contribution < 1.29 is 14.3 Å². The number of ether oxygens (including phenoxy) is 2. The predicted molar refractivity (Wildman–Crippen MR) is 63.8 cm³/mol. The summed E-state index contributed by atoms with van der Waals surface area (Å²) in [5.74, 6) is 0.210. The van der Waals surface area contributed by atoms with Crippen LogP contribution in [0.15, 0.2) is 0 Å². The van der Waals surface area contributed by atoms with Crippen molar-refractivity contribution in [3.05, 3.63) is 0 Å². The van der Waals surface area contributed by atoms with Crippen LogP contribution in [0.4, 0.5) is 0 Å². The molecule has 1 N–H and O–H groups in total. The highest BCUT2D eigenvalue weighted by Crippen LogP contribution is 2.17. The molecule has 17 heavy (non-hydrogen) atoms. The number of carbonyl (C=O) groups is 1. The van der Waals surface area contributed by atoms with E-state index >= 15 is 0 Å². The van der Waals surface area contributed by atoms with Crippen LogP contribution < -0.4 is 5.32 Å². The average Bonchev–Trinajstić information content (AvgIpc) is 2.83. The Kier molecular flexibility index (Phi) is 4.76. The van der Waals surface area contributed by atoms with Crippen LogP contribution in [0.25, 0.3) is 0 Å². The zero-order valence-corrected chi connectivity index (χ0v) is 10.5. The van der Waals surface area contributed by atoms with Crippen molar-refractivity contribution in [1.82, 2.24) is 10.2 Å². The maximum atomic E-state index is 12.1. The Bertz CT molecular complexity index is 252. The first-order chi connectivity index (χ1) is 8.29. The van der Waals surface area contributed by atoms with E-state index in [-0.39, 0.29) is 18.1 Å². The van der Waals surface area contributed by atoms with Crippen molar-refractivity contribution in [2.45, 2.75) is 31.5 Å². The van der Waals surface area contributed by atoms with Crippen molar-refractivity contribution in [2.24, 2.45) is 0 Å². The molecule has 2 fully saturated rings. The van der Waals surface area contributed by atoms with E-state index in [9.17, 15) is 4.79 Å². The third-order valence-electron chi connectivity index (χ3n) is 3.35. The molecule has 5 heteroatoms. The van der Waals surface area contributed by atoms with E-state index in [1.54, 1.807) is 0 Å². The van der Waals surface area contributed by atoms with E-state index in [1.165, 1.54) is 0 Å². The summed E-state index contributed by atoms with van der Waals surface area (Å²) in [5.41, 5.74) is 0. The minimum atomic E-state index is 0.127. The maximum Gasteiger partial charge on any atom is 0.225 e. The van der Waals surface area contributed by atoms with Crippen LogP contribution in [-0.2, 0) is 14.3 Å². The van der Waals surface area contributed by atoms with E-state index in [0.717, 1.165) is 26.0 Å². The van der Waals surface area contributed by atoms with Gasteiger partial charge in [0.25, 0.3) is 0 Å². The standard InChI is InChI=1S/C12H22N2O3/c1-13-8-11-9-14(4-6-17-11)12(15)7-10-3-2-5-16-10/h10-11,13H,2-9H2,1H3. The molecule has 0 aromatic carbocycles. The number of nitrogens with zero attached hydrogens (tertiary/aromatic N) is 1. The molecule has 98 valence electrons. The molecule has 2 unspecified atom stereocenters. The molecular weight excluding hydrogens is 220 g/mol. The first-order valence-electron chi connectivity index (χ1n) is 6.45. The molecule has 2 heterocycles. The molecule has 0 aliphatic carbocycles. The monoisotopic (exact) mass is 242 g/mol. The van der Waals surface area contributed by atoms with Gasteiger partial charge in [0.2, 0.25) is 5.91 Å². The molecule has 5 nitrogen and oxygen atoms in total. The largest absolute Gasteiger partial charge is 0.378 e. The van der Waals surface area contributed by atoms with E-state index < -0.39 is 0 Å². The third kappa shape index (κ3) is 3.66. The number of likely N-dealkylation sites (N-methyl/N-ethyl adjacent to an activating group) is 1. The van der Waals surface area contributed by atoms with Gasteiger partial charge in [-0.3, -0.25) is 4.79 Å². The van der Waals surface area contributed by atoms with Crippen LogP contribution in [0.5, 0.6) is 0 Å². The number of morpholine rings is 1. The normalized spacial score (nSPS) is 29.6.